The number of halogens is 4. The van der Waals surface area contributed by atoms with Gasteiger partial charge in [-0.05, 0) is 30.3 Å². The Kier molecular flexibility index (Phi) is 3.24. The quantitative estimate of drug-likeness (QED) is 0.835. The summed E-state index contributed by atoms with van der Waals surface area (Å²) in [5.41, 5.74) is 0.842. The summed E-state index contributed by atoms with van der Waals surface area (Å²) in [7, 11) is 0. The molecule has 0 radical (unpaired) electrons. The van der Waals surface area contributed by atoms with Crippen molar-refractivity contribution in [1.29, 1.82) is 0 Å². The monoisotopic (exact) mass is 257 g/mol. The first-order chi connectivity index (χ1) is 8.06. The van der Waals surface area contributed by atoms with Crippen molar-refractivity contribution in [3.05, 3.63) is 58.9 Å². The van der Waals surface area contributed by atoms with E-state index in [9.17, 15) is 13.2 Å². The van der Waals surface area contributed by atoms with E-state index in [1.54, 1.807) is 0 Å². The van der Waals surface area contributed by atoms with E-state index in [-0.39, 0.29) is 5.02 Å². The molecule has 0 spiro atoms. The number of hydrogen-bond acceptors (Lipinski definition) is 1. The van der Waals surface area contributed by atoms with Gasteiger partial charge in [-0.1, -0.05) is 11.6 Å². The van der Waals surface area contributed by atoms with Crippen LogP contribution in [0.2, 0.25) is 5.02 Å². The zero-order valence-corrected chi connectivity index (χ0v) is 9.23. The summed E-state index contributed by atoms with van der Waals surface area (Å²) in [5.74, 6) is -2.42. The van der Waals surface area contributed by atoms with Gasteiger partial charge in [0.1, 0.15) is 5.82 Å². The first kappa shape index (κ1) is 11.8. The van der Waals surface area contributed by atoms with Gasteiger partial charge >= 0.3 is 0 Å². The Hall–Kier alpha value is -1.68. The lowest BCUT2D eigenvalue weighted by molar-refractivity contribution is 0.509. The zero-order valence-electron chi connectivity index (χ0n) is 8.48. The molecule has 2 rings (SSSR count). The number of nitrogens with one attached hydrogen (secondary N) is 1. The van der Waals surface area contributed by atoms with Crippen LogP contribution in [0, 0.1) is 17.5 Å². The molecule has 0 bridgehead atoms. The van der Waals surface area contributed by atoms with E-state index in [0.717, 1.165) is 12.1 Å². The summed E-state index contributed by atoms with van der Waals surface area (Å²) >= 11 is 5.59. The molecule has 2 aromatic rings. The van der Waals surface area contributed by atoms with Gasteiger partial charge in [-0.2, -0.15) is 0 Å². The van der Waals surface area contributed by atoms with Gasteiger partial charge in [-0.25, -0.2) is 13.2 Å². The molecule has 0 aliphatic rings. The van der Waals surface area contributed by atoms with Crippen molar-refractivity contribution in [3.8, 4) is 0 Å². The van der Waals surface area contributed by atoms with Crippen molar-refractivity contribution in [1.82, 2.24) is 0 Å². The van der Waals surface area contributed by atoms with Crippen LogP contribution in [0.25, 0.3) is 0 Å². The lowest BCUT2D eigenvalue weighted by Crippen LogP contribution is -1.93. The maximum Gasteiger partial charge on any atom is 0.160 e. The van der Waals surface area contributed by atoms with Crippen molar-refractivity contribution < 1.29 is 13.2 Å². The number of anilines is 2. The lowest BCUT2D eigenvalue weighted by Gasteiger charge is -2.07. The molecule has 1 nitrogen and oxygen atoms in total. The molecule has 0 saturated heterocycles. The second kappa shape index (κ2) is 4.67. The average molecular weight is 258 g/mol. The Morgan fingerprint density at radius 3 is 1.94 bits per heavy atom. The number of hydrogen-bond donors (Lipinski definition) is 1. The molecule has 88 valence electrons. The topological polar surface area (TPSA) is 12.0 Å². The largest absolute Gasteiger partial charge is 0.355 e. The molecule has 2 aromatic carbocycles. The molecule has 0 aromatic heterocycles. The molecule has 0 fully saturated rings. The fourth-order valence-corrected chi connectivity index (χ4v) is 1.49. The SMILES string of the molecule is Fc1ccc(Nc2ccc(F)c(Cl)c2)cc1F. The van der Waals surface area contributed by atoms with E-state index in [2.05, 4.69) is 5.32 Å². The van der Waals surface area contributed by atoms with Crippen LogP contribution >= 0.6 is 11.6 Å². The normalized spacial score (nSPS) is 10.4. The highest BCUT2D eigenvalue weighted by Gasteiger charge is 2.04. The van der Waals surface area contributed by atoms with E-state index < -0.39 is 17.5 Å². The van der Waals surface area contributed by atoms with Crippen LogP contribution < -0.4 is 5.32 Å². The van der Waals surface area contributed by atoms with E-state index in [4.69, 9.17) is 11.6 Å². The maximum atomic E-state index is 12.9. The second-order valence-corrected chi connectivity index (χ2v) is 3.79. The van der Waals surface area contributed by atoms with Gasteiger partial charge in [0.25, 0.3) is 0 Å². The third kappa shape index (κ3) is 2.71. The molecule has 0 unspecified atom stereocenters. The first-order valence-corrected chi connectivity index (χ1v) is 5.11. The fraction of sp³-hybridized carbons (Fsp3) is 0. The zero-order chi connectivity index (χ0) is 12.4. The number of benzene rings is 2. The Morgan fingerprint density at radius 1 is 0.765 bits per heavy atom. The lowest BCUT2D eigenvalue weighted by atomic mass is 10.2. The van der Waals surface area contributed by atoms with Crippen molar-refractivity contribution in [2.24, 2.45) is 0 Å². The second-order valence-electron chi connectivity index (χ2n) is 3.38. The predicted octanol–water partition coefficient (Wildman–Crippen LogP) is 4.50. The smallest absolute Gasteiger partial charge is 0.160 e. The van der Waals surface area contributed by atoms with Gasteiger partial charge in [-0.15, -0.1) is 0 Å². The standard InChI is InChI=1S/C12H7ClF3N/c13-9-5-7(1-3-10(9)14)17-8-2-4-11(15)12(16)6-8/h1-6,17H. The molecule has 0 saturated carbocycles. The van der Waals surface area contributed by atoms with Crippen molar-refractivity contribution in [2.75, 3.05) is 5.32 Å². The molecular weight excluding hydrogens is 251 g/mol. The van der Waals surface area contributed by atoms with Crippen LogP contribution in [0.4, 0.5) is 24.5 Å². The summed E-state index contributed by atoms with van der Waals surface area (Å²) in [6.07, 6.45) is 0. The van der Waals surface area contributed by atoms with Crippen LogP contribution in [0.15, 0.2) is 36.4 Å². The highest BCUT2D eigenvalue weighted by molar-refractivity contribution is 6.31. The molecule has 17 heavy (non-hydrogen) atoms. The third-order valence-electron chi connectivity index (χ3n) is 2.13. The Bertz CT molecular complexity index is 508. The van der Waals surface area contributed by atoms with Crippen molar-refractivity contribution in [3.63, 3.8) is 0 Å². The number of rotatable bonds is 2. The van der Waals surface area contributed by atoms with E-state index in [1.165, 1.54) is 24.3 Å². The Labute approximate surface area is 101 Å². The Morgan fingerprint density at radius 2 is 1.35 bits per heavy atom. The summed E-state index contributed by atoms with van der Waals surface area (Å²) in [4.78, 5) is 0. The minimum atomic E-state index is -0.955. The van der Waals surface area contributed by atoms with Crippen LogP contribution in [0.3, 0.4) is 0 Å². The third-order valence-corrected chi connectivity index (χ3v) is 2.42. The maximum absolute atomic E-state index is 12.9. The average Bonchev–Trinajstić information content (AvgIpc) is 2.29. The summed E-state index contributed by atoms with van der Waals surface area (Å²) < 4.78 is 38.5. The first-order valence-electron chi connectivity index (χ1n) is 4.73. The molecular formula is C12H7ClF3N. The van der Waals surface area contributed by atoms with Crippen LogP contribution in [-0.2, 0) is 0 Å². The molecule has 1 N–H and O–H groups in total. The van der Waals surface area contributed by atoms with Crippen molar-refractivity contribution >= 4 is 23.0 Å². The van der Waals surface area contributed by atoms with Gasteiger partial charge in [-0.3, -0.25) is 0 Å². The molecule has 5 heteroatoms. The fourth-order valence-electron chi connectivity index (χ4n) is 1.31. The van der Waals surface area contributed by atoms with Gasteiger partial charge in [0.15, 0.2) is 11.6 Å². The van der Waals surface area contributed by atoms with E-state index in [0.29, 0.717) is 11.4 Å². The highest BCUT2D eigenvalue weighted by Crippen LogP contribution is 2.23. The molecule has 0 heterocycles. The van der Waals surface area contributed by atoms with Crippen LogP contribution in [-0.4, -0.2) is 0 Å². The van der Waals surface area contributed by atoms with E-state index >= 15 is 0 Å². The van der Waals surface area contributed by atoms with Gasteiger partial charge in [0.05, 0.1) is 5.02 Å². The minimum absolute atomic E-state index is 0.0439. The molecule has 0 aliphatic carbocycles. The molecule has 0 amide bonds. The van der Waals surface area contributed by atoms with Gasteiger partial charge in [0, 0.05) is 17.4 Å². The Balaban J connectivity index is 2.25. The summed E-state index contributed by atoms with van der Waals surface area (Å²) in [6, 6.07) is 7.37. The summed E-state index contributed by atoms with van der Waals surface area (Å²) in [5, 5.41) is 2.74. The van der Waals surface area contributed by atoms with Crippen LogP contribution in [0.5, 0.6) is 0 Å². The predicted molar refractivity (Wildman–Crippen MR) is 61.1 cm³/mol. The molecule has 0 aliphatic heterocycles. The highest BCUT2D eigenvalue weighted by atomic mass is 35.5. The van der Waals surface area contributed by atoms with Gasteiger partial charge < -0.3 is 5.32 Å². The van der Waals surface area contributed by atoms with Crippen LogP contribution in [0.1, 0.15) is 0 Å². The molecule has 0 atom stereocenters. The summed E-state index contributed by atoms with van der Waals surface area (Å²) in [6.45, 7) is 0. The minimum Gasteiger partial charge on any atom is -0.355 e. The van der Waals surface area contributed by atoms with Crippen molar-refractivity contribution in [2.45, 2.75) is 0 Å². The van der Waals surface area contributed by atoms with Gasteiger partial charge in [0.2, 0.25) is 0 Å². The van der Waals surface area contributed by atoms with E-state index in [1.807, 2.05) is 0 Å².